The Morgan fingerprint density at radius 3 is 2.79 bits per heavy atom. The van der Waals surface area contributed by atoms with Gasteiger partial charge >= 0.3 is 6.09 Å². The predicted octanol–water partition coefficient (Wildman–Crippen LogP) is 1.90. The molecular weight excluding hydrogens is 365 g/mol. The summed E-state index contributed by atoms with van der Waals surface area (Å²) in [6.07, 6.45) is 4.28. The Balaban J connectivity index is 1.42. The van der Waals surface area contributed by atoms with Crippen molar-refractivity contribution in [1.82, 2.24) is 10.3 Å². The highest BCUT2D eigenvalue weighted by Gasteiger charge is 2.33. The Labute approximate surface area is 162 Å². The van der Waals surface area contributed by atoms with Crippen molar-refractivity contribution < 1.29 is 18.7 Å². The Morgan fingerprint density at radius 2 is 2.18 bits per heavy atom. The maximum absolute atomic E-state index is 14.7. The third-order valence-electron chi connectivity index (χ3n) is 5.41. The Hall–Kier alpha value is -2.84. The molecule has 1 atom stereocenters. The number of anilines is 2. The van der Waals surface area contributed by atoms with Gasteiger partial charge in [0.05, 0.1) is 31.0 Å². The molecule has 9 heteroatoms. The normalized spacial score (nSPS) is 22.3. The molecule has 2 heterocycles. The van der Waals surface area contributed by atoms with Crippen molar-refractivity contribution in [1.29, 1.82) is 0 Å². The summed E-state index contributed by atoms with van der Waals surface area (Å²) in [5, 5.41) is 9.16. The van der Waals surface area contributed by atoms with Crippen molar-refractivity contribution in [2.45, 2.75) is 38.3 Å². The van der Waals surface area contributed by atoms with Gasteiger partial charge in [-0.2, -0.15) is 5.10 Å². The van der Waals surface area contributed by atoms with E-state index < -0.39 is 18.0 Å². The molecule has 1 saturated heterocycles. The average molecular weight is 389 g/mol. The number of hydrazone groups is 1. The molecule has 1 aliphatic carbocycles. The highest BCUT2D eigenvalue weighted by atomic mass is 19.1. The van der Waals surface area contributed by atoms with Crippen LogP contribution in [0.5, 0.6) is 0 Å². The number of cyclic esters (lactones) is 1. The molecule has 1 aromatic rings. The van der Waals surface area contributed by atoms with Crippen LogP contribution in [0.3, 0.4) is 0 Å². The lowest BCUT2D eigenvalue weighted by atomic mass is 9.92. The van der Waals surface area contributed by atoms with E-state index in [0.717, 1.165) is 6.54 Å². The summed E-state index contributed by atoms with van der Waals surface area (Å²) in [5.41, 5.74) is 0.865. The predicted molar refractivity (Wildman–Crippen MR) is 103 cm³/mol. The number of benzene rings is 1. The van der Waals surface area contributed by atoms with Crippen LogP contribution in [0.4, 0.5) is 20.6 Å². The summed E-state index contributed by atoms with van der Waals surface area (Å²) in [6.45, 7) is 3.34. The number of carbonyl (C=O) groups is 2. The van der Waals surface area contributed by atoms with Gasteiger partial charge in [0.2, 0.25) is 5.91 Å². The van der Waals surface area contributed by atoms with Crippen LogP contribution >= 0.6 is 0 Å². The van der Waals surface area contributed by atoms with Crippen molar-refractivity contribution >= 4 is 29.7 Å². The molecule has 8 nitrogen and oxygen atoms in total. The topological polar surface area (TPSA) is 77.5 Å². The van der Waals surface area contributed by atoms with Gasteiger partial charge in [0.25, 0.3) is 0 Å². The summed E-state index contributed by atoms with van der Waals surface area (Å²) in [5.74, 6) is -0.608. The number of nitrogens with one attached hydrogen (secondary N) is 1. The molecule has 2 amide bonds. The first-order valence-corrected chi connectivity index (χ1v) is 9.61. The first kappa shape index (κ1) is 18.5. The molecule has 28 heavy (non-hydrogen) atoms. The number of carbonyl (C=O) groups excluding carboxylic acids is 2. The molecule has 0 bridgehead atoms. The molecule has 4 rings (SSSR count). The summed E-state index contributed by atoms with van der Waals surface area (Å²) in [6, 6.07) is 5.22. The average Bonchev–Trinajstić information content (AvgIpc) is 3.00. The van der Waals surface area contributed by atoms with E-state index in [1.54, 1.807) is 23.4 Å². The maximum Gasteiger partial charge on any atom is 0.414 e. The van der Waals surface area contributed by atoms with Gasteiger partial charge in [-0.25, -0.2) is 9.18 Å². The minimum absolute atomic E-state index is 0.191. The largest absolute Gasteiger partial charge is 0.442 e. The summed E-state index contributed by atoms with van der Waals surface area (Å²) in [4.78, 5) is 26.3. The molecule has 0 unspecified atom stereocenters. The monoisotopic (exact) mass is 389 g/mol. The van der Waals surface area contributed by atoms with Crippen molar-refractivity contribution in [3.63, 3.8) is 0 Å². The minimum Gasteiger partial charge on any atom is -0.442 e. The summed E-state index contributed by atoms with van der Waals surface area (Å²) in [7, 11) is 0. The molecule has 1 aromatic carbocycles. The van der Waals surface area contributed by atoms with Gasteiger partial charge in [0, 0.05) is 19.5 Å². The van der Waals surface area contributed by atoms with Gasteiger partial charge in [-0.15, -0.1) is 0 Å². The van der Waals surface area contributed by atoms with Crippen LogP contribution in [-0.4, -0.2) is 61.7 Å². The Kier molecular flexibility index (Phi) is 5.06. The summed E-state index contributed by atoms with van der Waals surface area (Å²) >= 11 is 0. The molecule has 3 aliphatic rings. The van der Waals surface area contributed by atoms with E-state index in [9.17, 15) is 14.0 Å². The van der Waals surface area contributed by atoms with Crippen LogP contribution in [0.15, 0.2) is 23.3 Å². The zero-order valence-electron chi connectivity index (χ0n) is 15.8. The van der Waals surface area contributed by atoms with Gasteiger partial charge < -0.3 is 15.0 Å². The van der Waals surface area contributed by atoms with Gasteiger partial charge in [-0.05, 0) is 37.5 Å². The number of ether oxygens (including phenoxy) is 1. The van der Waals surface area contributed by atoms with Crippen molar-refractivity contribution in [3.05, 3.63) is 24.0 Å². The lowest BCUT2D eigenvalue weighted by molar-refractivity contribution is -0.119. The smallest absolute Gasteiger partial charge is 0.414 e. The second-order valence-electron chi connectivity index (χ2n) is 7.36. The molecule has 1 saturated carbocycles. The zero-order chi connectivity index (χ0) is 19.7. The van der Waals surface area contributed by atoms with Crippen molar-refractivity contribution in [2.24, 2.45) is 5.10 Å². The Morgan fingerprint density at radius 1 is 1.36 bits per heavy atom. The van der Waals surface area contributed by atoms with E-state index in [4.69, 9.17) is 4.74 Å². The third kappa shape index (κ3) is 3.74. The van der Waals surface area contributed by atoms with Gasteiger partial charge in [0.1, 0.15) is 18.3 Å². The quantitative estimate of drug-likeness (QED) is 0.832. The first-order valence-electron chi connectivity index (χ1n) is 9.61. The lowest BCUT2D eigenvalue weighted by Gasteiger charge is -2.39. The lowest BCUT2D eigenvalue weighted by Crippen LogP contribution is -2.45. The maximum atomic E-state index is 14.7. The number of halogens is 1. The molecule has 2 aliphatic heterocycles. The van der Waals surface area contributed by atoms with E-state index in [0.29, 0.717) is 24.0 Å². The second-order valence-corrected chi connectivity index (χ2v) is 7.36. The fraction of sp³-hybridized carbons (Fsp3) is 0.526. The van der Waals surface area contributed by atoms with Crippen LogP contribution in [0, 0.1) is 5.82 Å². The van der Waals surface area contributed by atoms with Crippen molar-refractivity contribution in [2.75, 3.05) is 36.0 Å². The van der Waals surface area contributed by atoms with Crippen LogP contribution in [0.1, 0.15) is 26.2 Å². The van der Waals surface area contributed by atoms with Crippen LogP contribution < -0.4 is 15.1 Å². The van der Waals surface area contributed by atoms with Crippen LogP contribution in [-0.2, 0) is 9.53 Å². The number of hydrogen-bond donors (Lipinski definition) is 1. The molecular formula is C19H24FN5O3. The zero-order valence-corrected chi connectivity index (χ0v) is 15.8. The van der Waals surface area contributed by atoms with Crippen molar-refractivity contribution in [3.8, 4) is 0 Å². The molecule has 0 aromatic heterocycles. The van der Waals surface area contributed by atoms with E-state index in [1.165, 1.54) is 37.2 Å². The van der Waals surface area contributed by atoms with E-state index in [-0.39, 0.29) is 19.0 Å². The third-order valence-corrected chi connectivity index (χ3v) is 5.41. The first-order chi connectivity index (χ1) is 13.5. The molecule has 1 N–H and O–H groups in total. The van der Waals surface area contributed by atoms with E-state index >= 15 is 0 Å². The molecule has 0 spiro atoms. The minimum atomic E-state index is -0.543. The highest BCUT2D eigenvalue weighted by Crippen LogP contribution is 2.30. The van der Waals surface area contributed by atoms with Crippen LogP contribution in [0.25, 0.3) is 0 Å². The number of amides is 2. The standard InChI is InChI=1S/C19H24FN5O3/c1-13(26)21-10-16-11-24(19(27)28-16)15-5-6-18(17(20)9-15)23-7-8-25(22-12-23)14-3-2-4-14/h5-6,9,12,14,16H,2-4,7-8,10-11H2,1H3,(H,21,26)/t16-/m0/s1. The fourth-order valence-corrected chi connectivity index (χ4v) is 3.59. The van der Waals surface area contributed by atoms with E-state index in [1.807, 2.05) is 0 Å². The summed E-state index contributed by atoms with van der Waals surface area (Å²) < 4.78 is 20.0. The molecule has 2 fully saturated rings. The van der Waals surface area contributed by atoms with Crippen LogP contribution in [0.2, 0.25) is 0 Å². The van der Waals surface area contributed by atoms with E-state index in [2.05, 4.69) is 15.4 Å². The van der Waals surface area contributed by atoms with Gasteiger partial charge in [-0.3, -0.25) is 14.7 Å². The molecule has 150 valence electrons. The fourth-order valence-electron chi connectivity index (χ4n) is 3.59. The molecule has 0 radical (unpaired) electrons. The number of rotatable bonds is 5. The second kappa shape index (κ2) is 7.65. The SMILES string of the molecule is CC(=O)NC[C@H]1CN(c2ccc(N3C=NN(C4CCC4)CC3)c(F)c2)C(=O)O1. The highest BCUT2D eigenvalue weighted by molar-refractivity contribution is 5.90. The van der Waals surface area contributed by atoms with Gasteiger partial charge in [-0.1, -0.05) is 0 Å². The number of hydrogen-bond acceptors (Lipinski definition) is 6. The Bertz CT molecular complexity index is 798. The van der Waals surface area contributed by atoms with Gasteiger partial charge in [0.15, 0.2) is 0 Å². The number of nitrogens with zero attached hydrogens (tertiary/aromatic N) is 4.